The van der Waals surface area contributed by atoms with Crippen LogP contribution in [-0.2, 0) is 0 Å². The third-order valence-corrected chi connectivity index (χ3v) is 3.51. The minimum Gasteiger partial charge on any atom is -0.307 e. The number of hydrogen-bond acceptors (Lipinski definition) is 5. The Morgan fingerprint density at radius 1 is 1.26 bits per heavy atom. The zero-order chi connectivity index (χ0) is 13.1. The lowest BCUT2D eigenvalue weighted by Crippen LogP contribution is -2.21. The summed E-state index contributed by atoms with van der Waals surface area (Å²) in [4.78, 5) is 4.37. The molecule has 0 bridgehead atoms. The molecule has 2 aromatic heterocycles. The summed E-state index contributed by atoms with van der Waals surface area (Å²) in [5.74, 6) is 0. The van der Waals surface area contributed by atoms with Gasteiger partial charge in [0.1, 0.15) is 0 Å². The maximum Gasteiger partial charge on any atom is 0.0949 e. The molecular formula is C13H13N5S. The Morgan fingerprint density at radius 3 is 2.79 bits per heavy atom. The number of hydrogen-bond donors (Lipinski definition) is 1. The molecule has 19 heavy (non-hydrogen) atoms. The number of para-hydroxylation sites is 1. The smallest absolute Gasteiger partial charge is 0.0949 e. The van der Waals surface area contributed by atoms with E-state index < -0.39 is 0 Å². The summed E-state index contributed by atoms with van der Waals surface area (Å²) in [6.45, 7) is 0. The van der Waals surface area contributed by atoms with Crippen LogP contribution >= 0.6 is 11.3 Å². The van der Waals surface area contributed by atoms with Gasteiger partial charge in [0.05, 0.1) is 34.8 Å². The van der Waals surface area contributed by atoms with Gasteiger partial charge in [-0.15, -0.1) is 16.4 Å². The highest BCUT2D eigenvalue weighted by Crippen LogP contribution is 2.22. The molecular weight excluding hydrogens is 258 g/mol. The van der Waals surface area contributed by atoms with Crippen LogP contribution in [0.3, 0.4) is 0 Å². The van der Waals surface area contributed by atoms with Crippen molar-refractivity contribution in [3.8, 4) is 5.69 Å². The van der Waals surface area contributed by atoms with Crippen molar-refractivity contribution in [3.63, 3.8) is 0 Å². The molecule has 0 aliphatic heterocycles. The molecule has 0 amide bonds. The minimum atomic E-state index is -0.0125. The van der Waals surface area contributed by atoms with Crippen LogP contribution in [0.25, 0.3) is 5.69 Å². The van der Waals surface area contributed by atoms with Crippen LogP contribution in [0.1, 0.15) is 17.4 Å². The van der Waals surface area contributed by atoms with E-state index in [1.807, 2.05) is 53.0 Å². The van der Waals surface area contributed by atoms with E-state index in [1.165, 1.54) is 0 Å². The summed E-state index contributed by atoms with van der Waals surface area (Å²) in [5, 5.41) is 13.5. The highest BCUT2D eigenvalue weighted by molar-refractivity contribution is 7.07. The Bertz CT molecular complexity index is 632. The van der Waals surface area contributed by atoms with Crippen LogP contribution in [0.5, 0.6) is 0 Å². The fraction of sp³-hybridized carbons (Fsp3) is 0.154. The Labute approximate surface area is 114 Å². The summed E-state index contributed by atoms with van der Waals surface area (Å²) in [6, 6.07) is 9.95. The van der Waals surface area contributed by atoms with Gasteiger partial charge in [-0.3, -0.25) is 0 Å². The number of nitrogens with zero attached hydrogens (tertiary/aromatic N) is 4. The van der Waals surface area contributed by atoms with Gasteiger partial charge < -0.3 is 5.32 Å². The predicted molar refractivity (Wildman–Crippen MR) is 74.4 cm³/mol. The van der Waals surface area contributed by atoms with Crippen LogP contribution < -0.4 is 5.32 Å². The van der Waals surface area contributed by atoms with E-state index in [4.69, 9.17) is 0 Å². The van der Waals surface area contributed by atoms with Crippen molar-refractivity contribution in [3.05, 3.63) is 58.8 Å². The van der Waals surface area contributed by atoms with Gasteiger partial charge in [-0.25, -0.2) is 9.67 Å². The molecule has 3 aromatic rings. The second-order valence-electron chi connectivity index (χ2n) is 4.04. The molecule has 1 N–H and O–H groups in total. The van der Waals surface area contributed by atoms with Crippen molar-refractivity contribution in [2.75, 3.05) is 7.05 Å². The Kier molecular flexibility index (Phi) is 3.35. The second-order valence-corrected chi connectivity index (χ2v) is 4.76. The van der Waals surface area contributed by atoms with E-state index in [-0.39, 0.29) is 6.04 Å². The van der Waals surface area contributed by atoms with E-state index in [9.17, 15) is 0 Å². The standard InChI is InChI=1S/C13H13N5S/c1-14-13(11-8-19-9-15-11)12-7-16-17-18(12)10-5-3-2-4-6-10/h2-9,13-14H,1H3. The maximum absolute atomic E-state index is 4.37. The quantitative estimate of drug-likeness (QED) is 0.789. The molecule has 1 unspecified atom stereocenters. The van der Waals surface area contributed by atoms with Gasteiger partial charge in [0.2, 0.25) is 0 Å². The molecule has 0 aliphatic carbocycles. The molecule has 0 saturated carbocycles. The molecule has 0 spiro atoms. The van der Waals surface area contributed by atoms with Crippen LogP contribution in [0.4, 0.5) is 0 Å². The van der Waals surface area contributed by atoms with Crippen molar-refractivity contribution in [1.82, 2.24) is 25.3 Å². The monoisotopic (exact) mass is 271 g/mol. The minimum absolute atomic E-state index is 0.0125. The van der Waals surface area contributed by atoms with Gasteiger partial charge in [0, 0.05) is 5.38 Å². The lowest BCUT2D eigenvalue weighted by atomic mass is 10.1. The van der Waals surface area contributed by atoms with Crippen molar-refractivity contribution in [1.29, 1.82) is 0 Å². The fourth-order valence-electron chi connectivity index (χ4n) is 2.02. The van der Waals surface area contributed by atoms with Crippen LogP contribution in [0, 0.1) is 0 Å². The Hall–Kier alpha value is -2.05. The lowest BCUT2D eigenvalue weighted by Gasteiger charge is -2.15. The third kappa shape index (κ3) is 2.27. The van der Waals surface area contributed by atoms with Gasteiger partial charge in [-0.05, 0) is 19.2 Å². The molecule has 0 aliphatic rings. The molecule has 1 aromatic carbocycles. The fourth-order valence-corrected chi connectivity index (χ4v) is 2.60. The molecule has 96 valence electrons. The number of aromatic nitrogens is 4. The molecule has 0 fully saturated rings. The summed E-state index contributed by atoms with van der Waals surface area (Å²) < 4.78 is 1.83. The van der Waals surface area contributed by atoms with E-state index in [0.717, 1.165) is 17.1 Å². The van der Waals surface area contributed by atoms with Gasteiger partial charge in [0.15, 0.2) is 0 Å². The van der Waals surface area contributed by atoms with Crippen LogP contribution in [0.2, 0.25) is 0 Å². The Balaban J connectivity index is 2.04. The maximum atomic E-state index is 4.37. The first-order chi connectivity index (χ1) is 9.40. The van der Waals surface area contributed by atoms with Crippen molar-refractivity contribution in [2.45, 2.75) is 6.04 Å². The van der Waals surface area contributed by atoms with Gasteiger partial charge >= 0.3 is 0 Å². The SMILES string of the molecule is CNC(c1cscn1)c1cnnn1-c1ccccc1. The van der Waals surface area contributed by atoms with E-state index in [1.54, 1.807) is 17.5 Å². The summed E-state index contributed by atoms with van der Waals surface area (Å²) >= 11 is 1.58. The van der Waals surface area contributed by atoms with Gasteiger partial charge in [0.25, 0.3) is 0 Å². The highest BCUT2D eigenvalue weighted by atomic mass is 32.1. The van der Waals surface area contributed by atoms with E-state index in [0.29, 0.717) is 0 Å². The number of benzene rings is 1. The van der Waals surface area contributed by atoms with Crippen molar-refractivity contribution < 1.29 is 0 Å². The molecule has 3 rings (SSSR count). The summed E-state index contributed by atoms with van der Waals surface area (Å²) in [7, 11) is 1.91. The number of nitrogens with one attached hydrogen (secondary N) is 1. The lowest BCUT2D eigenvalue weighted by molar-refractivity contribution is 0.622. The average molecular weight is 271 g/mol. The largest absolute Gasteiger partial charge is 0.307 e. The van der Waals surface area contributed by atoms with E-state index >= 15 is 0 Å². The zero-order valence-electron chi connectivity index (χ0n) is 10.4. The number of rotatable bonds is 4. The molecule has 1 atom stereocenters. The summed E-state index contributed by atoms with van der Waals surface area (Å²) in [5.41, 5.74) is 4.77. The first-order valence-electron chi connectivity index (χ1n) is 5.91. The molecule has 2 heterocycles. The van der Waals surface area contributed by atoms with Crippen LogP contribution in [0.15, 0.2) is 47.4 Å². The number of thiazole rings is 1. The highest BCUT2D eigenvalue weighted by Gasteiger charge is 2.19. The van der Waals surface area contributed by atoms with Gasteiger partial charge in [-0.1, -0.05) is 23.4 Å². The molecule has 6 heteroatoms. The molecule has 0 radical (unpaired) electrons. The predicted octanol–water partition coefficient (Wildman–Crippen LogP) is 2.03. The Morgan fingerprint density at radius 2 is 2.11 bits per heavy atom. The summed E-state index contributed by atoms with van der Waals surface area (Å²) in [6.07, 6.45) is 1.77. The van der Waals surface area contributed by atoms with Crippen molar-refractivity contribution in [2.24, 2.45) is 0 Å². The van der Waals surface area contributed by atoms with Gasteiger partial charge in [-0.2, -0.15) is 0 Å². The molecule has 0 saturated heterocycles. The average Bonchev–Trinajstić information content (AvgIpc) is 3.12. The molecule has 5 nitrogen and oxygen atoms in total. The zero-order valence-corrected chi connectivity index (χ0v) is 11.2. The van der Waals surface area contributed by atoms with E-state index in [2.05, 4.69) is 20.6 Å². The first kappa shape index (κ1) is 12.0. The van der Waals surface area contributed by atoms with Crippen LogP contribution in [-0.4, -0.2) is 27.0 Å². The van der Waals surface area contributed by atoms with Crippen molar-refractivity contribution >= 4 is 11.3 Å². The first-order valence-corrected chi connectivity index (χ1v) is 6.86. The normalized spacial score (nSPS) is 12.5. The topological polar surface area (TPSA) is 55.6 Å². The third-order valence-electron chi connectivity index (χ3n) is 2.91. The second kappa shape index (κ2) is 5.29.